The number of hydrogen-bond donors (Lipinski definition) is 2. The first-order valence-electron chi connectivity index (χ1n) is 15.2. The highest BCUT2D eigenvalue weighted by molar-refractivity contribution is 5.89. The number of nitrogens with one attached hydrogen (secondary N) is 1. The molecular formula is C32H36N4O4. The summed E-state index contributed by atoms with van der Waals surface area (Å²) in [6.45, 7) is 0. The Kier molecular flexibility index (Phi) is 5.60. The number of fused-ring (bicyclic) bond motifs is 4. The van der Waals surface area contributed by atoms with Crippen LogP contribution in [0.15, 0.2) is 46.1 Å². The summed E-state index contributed by atoms with van der Waals surface area (Å²) in [5, 5.41) is 9.51. The molecular weight excluding hydrogens is 504 g/mol. The second kappa shape index (κ2) is 9.13. The number of aromatic nitrogens is 3. The van der Waals surface area contributed by atoms with Gasteiger partial charge in [-0.1, -0.05) is 18.6 Å². The zero-order valence-electron chi connectivity index (χ0n) is 22.7. The van der Waals surface area contributed by atoms with Crippen LogP contribution in [0, 0.1) is 23.7 Å². The van der Waals surface area contributed by atoms with Crippen LogP contribution in [0.3, 0.4) is 0 Å². The van der Waals surface area contributed by atoms with E-state index < -0.39 is 11.5 Å². The van der Waals surface area contributed by atoms with Crippen molar-refractivity contribution in [3.05, 3.63) is 62.8 Å². The third-order valence-electron chi connectivity index (χ3n) is 11.2. The number of pyridine rings is 1. The quantitative estimate of drug-likeness (QED) is 0.491. The minimum atomic E-state index is -1.16. The van der Waals surface area contributed by atoms with Gasteiger partial charge in [0.15, 0.2) is 0 Å². The van der Waals surface area contributed by atoms with Gasteiger partial charge < -0.3 is 14.7 Å². The van der Waals surface area contributed by atoms with Gasteiger partial charge in [-0.3, -0.25) is 14.5 Å². The molecule has 3 aromatic rings. The zero-order valence-corrected chi connectivity index (χ0v) is 22.7. The lowest BCUT2D eigenvalue weighted by Crippen LogP contribution is -2.58. The van der Waals surface area contributed by atoms with Gasteiger partial charge in [-0.05, 0) is 99.7 Å². The van der Waals surface area contributed by atoms with Crippen LogP contribution < -0.4 is 11.1 Å². The first kappa shape index (κ1) is 24.5. The number of piperidine rings is 2. The van der Waals surface area contributed by atoms with Crippen LogP contribution in [0.4, 0.5) is 0 Å². The van der Waals surface area contributed by atoms with Gasteiger partial charge in [0.2, 0.25) is 0 Å². The Labute approximate surface area is 232 Å². The highest BCUT2D eigenvalue weighted by Crippen LogP contribution is 2.59. The molecule has 2 aliphatic heterocycles. The Morgan fingerprint density at radius 3 is 2.48 bits per heavy atom. The van der Waals surface area contributed by atoms with Crippen molar-refractivity contribution in [3.63, 3.8) is 0 Å². The van der Waals surface area contributed by atoms with Crippen molar-refractivity contribution >= 4 is 17.0 Å². The molecule has 3 saturated carbocycles. The van der Waals surface area contributed by atoms with E-state index in [1.54, 1.807) is 0 Å². The molecule has 208 valence electrons. The van der Waals surface area contributed by atoms with Crippen LogP contribution in [0.5, 0.6) is 0 Å². The molecule has 0 radical (unpaired) electrons. The summed E-state index contributed by atoms with van der Waals surface area (Å²) in [5.41, 5.74) is 0.562. The van der Waals surface area contributed by atoms with E-state index in [2.05, 4.69) is 14.9 Å². The molecule has 1 aromatic carbocycles. The van der Waals surface area contributed by atoms with Gasteiger partial charge in [0.1, 0.15) is 5.69 Å². The van der Waals surface area contributed by atoms with Crippen molar-refractivity contribution in [1.82, 2.24) is 19.4 Å². The summed E-state index contributed by atoms with van der Waals surface area (Å²) < 4.78 is 1.89. The van der Waals surface area contributed by atoms with Crippen LogP contribution >= 0.6 is 0 Å². The van der Waals surface area contributed by atoms with Gasteiger partial charge in [-0.25, -0.2) is 9.78 Å². The van der Waals surface area contributed by atoms with Crippen molar-refractivity contribution < 1.29 is 9.90 Å². The first-order chi connectivity index (χ1) is 19.4. The van der Waals surface area contributed by atoms with Gasteiger partial charge >= 0.3 is 5.97 Å². The molecule has 8 heteroatoms. The van der Waals surface area contributed by atoms with Crippen LogP contribution in [0.1, 0.15) is 80.6 Å². The lowest BCUT2D eigenvalue weighted by molar-refractivity contribution is -0.0437. The summed E-state index contributed by atoms with van der Waals surface area (Å²) in [7, 11) is 0. The van der Waals surface area contributed by atoms with Gasteiger partial charge in [-0.15, -0.1) is 0 Å². The smallest absolute Gasteiger partial charge is 0.337 e. The molecule has 5 aliphatic rings. The third-order valence-corrected chi connectivity index (χ3v) is 11.2. The number of hydrogen-bond acceptors (Lipinski definition) is 5. The molecule has 8 nitrogen and oxygen atoms in total. The highest BCUT2D eigenvalue weighted by Gasteiger charge is 2.53. The number of aromatic amines is 1. The second-order valence-corrected chi connectivity index (χ2v) is 13.3. The summed E-state index contributed by atoms with van der Waals surface area (Å²) >= 11 is 0. The molecule has 8 rings (SSSR count). The number of carbonyl (C=O) groups is 1. The number of rotatable bonds is 4. The number of H-pyrrole nitrogens is 1. The van der Waals surface area contributed by atoms with E-state index in [-0.39, 0.29) is 28.4 Å². The van der Waals surface area contributed by atoms with Gasteiger partial charge in [0, 0.05) is 30.4 Å². The average molecular weight is 541 g/mol. The number of carboxylic acid groups (broad SMARTS) is 1. The Balaban J connectivity index is 1.18. The normalized spacial score (nSPS) is 34.8. The van der Waals surface area contributed by atoms with Gasteiger partial charge in [-0.2, -0.15) is 0 Å². The van der Waals surface area contributed by atoms with E-state index in [1.165, 1.54) is 57.4 Å². The molecule has 0 amide bonds. The minimum absolute atomic E-state index is 0.00865. The Bertz CT molecular complexity index is 1610. The van der Waals surface area contributed by atoms with Crippen molar-refractivity contribution in [2.24, 2.45) is 23.7 Å². The number of para-hydroxylation sites is 2. The molecule has 4 heterocycles. The lowest BCUT2D eigenvalue weighted by Gasteiger charge is -2.54. The summed E-state index contributed by atoms with van der Waals surface area (Å²) in [6.07, 6.45) is 13.7. The first-order valence-corrected chi connectivity index (χ1v) is 15.2. The van der Waals surface area contributed by atoms with E-state index in [0.717, 1.165) is 48.2 Å². The summed E-state index contributed by atoms with van der Waals surface area (Å²) in [5.74, 6) is 2.68. The molecule has 3 aliphatic carbocycles. The fourth-order valence-electron chi connectivity index (χ4n) is 9.70. The van der Waals surface area contributed by atoms with Crippen LogP contribution in [0.25, 0.3) is 22.3 Å². The van der Waals surface area contributed by atoms with Crippen molar-refractivity contribution in [3.8, 4) is 11.3 Å². The molecule has 2 aromatic heterocycles. The minimum Gasteiger partial charge on any atom is -0.478 e. The Morgan fingerprint density at radius 2 is 1.68 bits per heavy atom. The predicted molar refractivity (Wildman–Crippen MR) is 151 cm³/mol. The number of carboxylic acids is 1. The van der Waals surface area contributed by atoms with E-state index in [0.29, 0.717) is 23.6 Å². The number of aromatic carboxylic acids is 1. The van der Waals surface area contributed by atoms with Crippen LogP contribution in [-0.2, 0) is 0 Å². The topological polar surface area (TPSA) is 108 Å². The van der Waals surface area contributed by atoms with Crippen LogP contribution in [-0.4, -0.2) is 48.6 Å². The summed E-state index contributed by atoms with van der Waals surface area (Å²) in [6, 6.07) is 10.5. The van der Waals surface area contributed by atoms with Gasteiger partial charge in [0.25, 0.3) is 11.1 Å². The van der Waals surface area contributed by atoms with E-state index in [4.69, 9.17) is 0 Å². The Morgan fingerprint density at radius 1 is 0.900 bits per heavy atom. The molecule has 4 bridgehead atoms. The lowest BCUT2D eigenvalue weighted by atomic mass is 9.64. The van der Waals surface area contributed by atoms with Crippen LogP contribution in [0.2, 0.25) is 0 Å². The zero-order chi connectivity index (χ0) is 27.1. The van der Waals surface area contributed by atoms with Crippen molar-refractivity contribution in [2.45, 2.75) is 88.4 Å². The second-order valence-electron chi connectivity index (χ2n) is 13.3. The van der Waals surface area contributed by atoms with Crippen molar-refractivity contribution in [2.75, 3.05) is 0 Å². The van der Waals surface area contributed by atoms with E-state index in [9.17, 15) is 19.5 Å². The average Bonchev–Trinajstić information content (AvgIpc) is 3.16. The highest BCUT2D eigenvalue weighted by atomic mass is 16.4. The molecule has 2 saturated heterocycles. The van der Waals surface area contributed by atoms with E-state index >= 15 is 0 Å². The third kappa shape index (κ3) is 3.75. The monoisotopic (exact) mass is 540 g/mol. The van der Waals surface area contributed by atoms with Gasteiger partial charge in [0.05, 0.1) is 22.2 Å². The largest absolute Gasteiger partial charge is 0.478 e. The molecule has 1 unspecified atom stereocenters. The molecule has 0 spiro atoms. The predicted octanol–water partition coefficient (Wildman–Crippen LogP) is 4.83. The fraction of sp³-hybridized carbons (Fsp3) is 0.562. The maximum absolute atomic E-state index is 14.2. The fourth-order valence-corrected chi connectivity index (χ4v) is 9.70. The molecule has 8 atom stereocenters. The molecule has 2 N–H and O–H groups in total. The number of nitrogens with zero attached hydrogens (tertiary/aromatic N) is 3. The maximum atomic E-state index is 14.2. The molecule has 5 fully saturated rings. The molecule has 40 heavy (non-hydrogen) atoms. The van der Waals surface area contributed by atoms with E-state index in [1.807, 2.05) is 28.8 Å². The summed E-state index contributed by atoms with van der Waals surface area (Å²) in [4.78, 5) is 48.6. The standard InChI is InChI=1S/C32H36N4O4/c37-30-26(13-20(16-33-30)32(39)40)29-31(38)36(28-7-2-1-6-27(28)34-29)24-14-21-4-3-5-22(15-24)35(21)23-9-17-8-18-11-19(12-23)25(18)10-17/h1-2,6-7,13,16-19,21-25H,3-5,8-12,14-15H2,(H,33,37)(H,39,40)/t17-,18+,19+,21-,22+,23-,24?,25-/m1/s1. The number of benzene rings is 1. The van der Waals surface area contributed by atoms with Crippen molar-refractivity contribution in [1.29, 1.82) is 0 Å². The maximum Gasteiger partial charge on any atom is 0.337 e. The SMILES string of the molecule is O=C(O)c1c[nH]c(=O)c(-c2nc3ccccc3n(C3C[C@H]4CCC[C@@H](C3)N4[C@@H]3C[C@H]4C[C@H]5C[C@@H](C3)[C@@H]5C4)c2=O)c1. The Hall–Kier alpha value is -3.26.